The molecule has 1 aliphatic carbocycles. The van der Waals surface area contributed by atoms with Crippen LogP contribution in [-0.2, 0) is 24.4 Å². The highest BCUT2D eigenvalue weighted by Gasteiger charge is 2.42. The Morgan fingerprint density at radius 3 is 2.51 bits per heavy atom. The first kappa shape index (κ1) is 31.7. The van der Waals surface area contributed by atoms with Crippen molar-refractivity contribution in [2.75, 3.05) is 14.1 Å². The minimum Gasteiger partial charge on any atom is -0.487 e. The van der Waals surface area contributed by atoms with E-state index in [1.807, 2.05) is 74.4 Å². The van der Waals surface area contributed by atoms with Crippen LogP contribution in [0.3, 0.4) is 0 Å². The van der Waals surface area contributed by atoms with Gasteiger partial charge in [-0.2, -0.15) is 0 Å². The molecule has 3 aromatic carbocycles. The maximum Gasteiger partial charge on any atom is 0.310 e. The summed E-state index contributed by atoms with van der Waals surface area (Å²) in [7, 11) is 3.75. The largest absolute Gasteiger partial charge is 0.487 e. The van der Waals surface area contributed by atoms with Crippen LogP contribution in [0, 0.1) is 5.41 Å². The molecule has 47 heavy (non-hydrogen) atoms. The number of carbonyl (C=O) groups is 1. The van der Waals surface area contributed by atoms with E-state index >= 15 is 0 Å². The van der Waals surface area contributed by atoms with Gasteiger partial charge in [-0.15, -0.1) is 0 Å². The lowest BCUT2D eigenvalue weighted by atomic mass is 9.82. The van der Waals surface area contributed by atoms with E-state index in [0.717, 1.165) is 63.0 Å². The Kier molecular flexibility index (Phi) is 9.15. The summed E-state index contributed by atoms with van der Waals surface area (Å²) in [6, 6.07) is 26.3. The molecular weight excluding hydrogens is 588 g/mol. The van der Waals surface area contributed by atoms with Gasteiger partial charge in [0.25, 0.3) is 0 Å². The molecule has 0 unspecified atom stereocenters. The molecule has 5 aromatic rings. The Balaban J connectivity index is 1.28. The molecule has 9 heteroatoms. The molecule has 240 valence electrons. The number of fused-ring (bicyclic) bond motifs is 2. The van der Waals surface area contributed by atoms with Gasteiger partial charge in [0.05, 0.1) is 27.7 Å². The molecule has 2 heterocycles. The van der Waals surface area contributed by atoms with Crippen molar-refractivity contribution in [3.05, 3.63) is 108 Å². The van der Waals surface area contributed by atoms with Gasteiger partial charge >= 0.3 is 5.97 Å². The molecule has 0 radical (unpaired) electrons. The second-order valence-electron chi connectivity index (χ2n) is 12.5. The van der Waals surface area contributed by atoms with Crippen molar-refractivity contribution in [2.45, 2.75) is 52.2 Å². The third-order valence-corrected chi connectivity index (χ3v) is 9.02. The van der Waals surface area contributed by atoms with Crippen molar-refractivity contribution in [1.29, 1.82) is 0 Å². The number of imidazole rings is 1. The van der Waals surface area contributed by atoms with E-state index < -0.39 is 11.4 Å². The summed E-state index contributed by atoms with van der Waals surface area (Å²) in [5, 5.41) is 11.4. The quantitative estimate of drug-likeness (QED) is 0.128. The SMILES string of the molecule is C=NC(=N/C=C(\C)c1ccc(Cn2c(CC3(C(=O)O)CCCC3)nc3cc(OCc4ccc5ccccc5n4)ccc32)cc1)N(C)C. The fourth-order valence-electron chi connectivity index (χ4n) is 6.31. The topological polar surface area (TPSA) is 105 Å². The number of carboxylic acid groups (broad SMARTS) is 1. The van der Waals surface area contributed by atoms with Gasteiger partial charge in [-0.3, -0.25) is 4.79 Å². The fraction of sp³-hybridized carbons (Fsp3) is 0.289. The minimum atomic E-state index is -0.793. The van der Waals surface area contributed by atoms with Gasteiger partial charge in [0.1, 0.15) is 18.2 Å². The summed E-state index contributed by atoms with van der Waals surface area (Å²) in [6.07, 6.45) is 5.35. The molecule has 1 aliphatic rings. The molecule has 2 aromatic heterocycles. The number of ether oxygens (including phenoxy) is 1. The number of aromatic nitrogens is 3. The first-order chi connectivity index (χ1) is 22.7. The van der Waals surface area contributed by atoms with E-state index in [4.69, 9.17) is 14.7 Å². The standard InChI is InChI=1S/C38H40N6O3/c1-26(23-40-37(39-2)43(3)4)28-13-11-27(12-14-28)24-44-34-18-17-31(47-25-30-16-15-29-9-5-6-10-32(29)41-30)21-33(34)42-35(44)22-38(36(45)46)19-7-8-20-38/h5-6,9-18,21,23H,2,7-8,19-20,22,24-25H2,1,3-4H3,(H,45,46)/b26-23+,40-37?. The molecular formula is C38H40N6O3. The summed E-state index contributed by atoms with van der Waals surface area (Å²) < 4.78 is 8.33. The van der Waals surface area contributed by atoms with Crippen molar-refractivity contribution in [3.8, 4) is 5.75 Å². The van der Waals surface area contributed by atoms with Gasteiger partial charge in [0.2, 0.25) is 5.96 Å². The Morgan fingerprint density at radius 1 is 1.02 bits per heavy atom. The molecule has 9 nitrogen and oxygen atoms in total. The van der Waals surface area contributed by atoms with Crippen LogP contribution in [0.25, 0.3) is 27.5 Å². The Hall–Kier alpha value is -5.31. The summed E-state index contributed by atoms with van der Waals surface area (Å²) in [4.78, 5) is 32.5. The number of rotatable bonds is 10. The molecule has 0 bridgehead atoms. The van der Waals surface area contributed by atoms with Crippen molar-refractivity contribution in [3.63, 3.8) is 0 Å². The number of allylic oxidation sites excluding steroid dienone is 1. The molecule has 0 spiro atoms. The monoisotopic (exact) mass is 628 g/mol. The molecule has 1 saturated carbocycles. The number of carboxylic acids is 1. The lowest BCUT2D eigenvalue weighted by Gasteiger charge is -2.24. The zero-order valence-electron chi connectivity index (χ0n) is 27.2. The zero-order valence-corrected chi connectivity index (χ0v) is 27.2. The van der Waals surface area contributed by atoms with Gasteiger partial charge in [-0.25, -0.2) is 20.0 Å². The smallest absolute Gasteiger partial charge is 0.310 e. The predicted molar refractivity (Wildman–Crippen MR) is 188 cm³/mol. The number of nitrogens with zero attached hydrogens (tertiary/aromatic N) is 6. The van der Waals surface area contributed by atoms with E-state index in [1.165, 1.54) is 0 Å². The third kappa shape index (κ3) is 6.94. The number of guanidine groups is 1. The Labute approximate surface area is 275 Å². The molecule has 0 amide bonds. The average molecular weight is 629 g/mol. The lowest BCUT2D eigenvalue weighted by molar-refractivity contribution is -0.148. The molecule has 0 aliphatic heterocycles. The van der Waals surface area contributed by atoms with E-state index in [9.17, 15) is 9.90 Å². The van der Waals surface area contributed by atoms with E-state index in [1.54, 1.807) is 6.20 Å². The van der Waals surface area contributed by atoms with Crippen LogP contribution < -0.4 is 4.74 Å². The fourth-order valence-corrected chi connectivity index (χ4v) is 6.31. The summed E-state index contributed by atoms with van der Waals surface area (Å²) >= 11 is 0. The molecule has 0 saturated heterocycles. The molecule has 1 fully saturated rings. The number of hydrogen-bond acceptors (Lipinski definition) is 5. The maximum absolute atomic E-state index is 12.5. The Morgan fingerprint density at radius 2 is 1.79 bits per heavy atom. The van der Waals surface area contributed by atoms with Gasteiger partial charge < -0.3 is 19.3 Å². The van der Waals surface area contributed by atoms with Crippen molar-refractivity contribution in [2.24, 2.45) is 15.4 Å². The van der Waals surface area contributed by atoms with Crippen LogP contribution >= 0.6 is 0 Å². The van der Waals surface area contributed by atoms with E-state index in [0.29, 0.717) is 44.1 Å². The summed E-state index contributed by atoms with van der Waals surface area (Å²) in [5.41, 5.74) is 5.85. The maximum atomic E-state index is 12.5. The number of aliphatic carboxylic acids is 1. The van der Waals surface area contributed by atoms with Gasteiger partial charge in [0, 0.05) is 44.7 Å². The second kappa shape index (κ2) is 13.6. The van der Waals surface area contributed by atoms with E-state index in [-0.39, 0.29) is 0 Å². The predicted octanol–water partition coefficient (Wildman–Crippen LogP) is 7.38. The van der Waals surface area contributed by atoms with Crippen LogP contribution in [0.5, 0.6) is 5.75 Å². The Bertz CT molecular complexity index is 1980. The number of para-hydroxylation sites is 1. The van der Waals surface area contributed by atoms with Gasteiger partial charge in [-0.05, 0) is 67.4 Å². The molecule has 1 N–H and O–H groups in total. The highest BCUT2D eigenvalue weighted by molar-refractivity contribution is 5.85. The first-order valence-electron chi connectivity index (χ1n) is 15.9. The first-order valence-corrected chi connectivity index (χ1v) is 15.9. The number of benzene rings is 3. The lowest BCUT2D eigenvalue weighted by Crippen LogP contribution is -2.31. The summed E-state index contributed by atoms with van der Waals surface area (Å²) in [6.45, 7) is 6.50. The molecule has 0 atom stereocenters. The van der Waals surface area contributed by atoms with Crippen LogP contribution in [0.4, 0.5) is 0 Å². The molecule has 6 rings (SSSR count). The third-order valence-electron chi connectivity index (χ3n) is 9.02. The van der Waals surface area contributed by atoms with Gasteiger partial charge in [0.15, 0.2) is 0 Å². The minimum absolute atomic E-state index is 0.331. The van der Waals surface area contributed by atoms with Crippen molar-refractivity contribution < 1.29 is 14.6 Å². The normalized spacial score (nSPS) is 14.9. The highest BCUT2D eigenvalue weighted by atomic mass is 16.5. The van der Waals surface area contributed by atoms with Crippen LogP contribution in [0.2, 0.25) is 0 Å². The van der Waals surface area contributed by atoms with E-state index in [2.05, 4.69) is 51.6 Å². The summed E-state index contributed by atoms with van der Waals surface area (Å²) in [5.74, 6) is 1.27. The highest BCUT2D eigenvalue weighted by Crippen LogP contribution is 2.42. The van der Waals surface area contributed by atoms with Crippen LogP contribution in [-0.4, -0.2) is 57.3 Å². The zero-order chi connectivity index (χ0) is 33.0. The van der Waals surface area contributed by atoms with Crippen molar-refractivity contribution >= 4 is 46.2 Å². The van der Waals surface area contributed by atoms with Crippen LogP contribution in [0.15, 0.2) is 95.0 Å². The van der Waals surface area contributed by atoms with Crippen molar-refractivity contribution in [1.82, 2.24) is 19.4 Å². The number of aliphatic imine (C=N–C) groups is 2. The average Bonchev–Trinajstić information content (AvgIpc) is 3.69. The second-order valence-corrected chi connectivity index (χ2v) is 12.5. The number of pyridine rings is 1. The van der Waals surface area contributed by atoms with Gasteiger partial charge in [-0.1, -0.05) is 61.4 Å². The van der Waals surface area contributed by atoms with Crippen LogP contribution in [0.1, 0.15) is 55.3 Å². The number of hydrogen-bond donors (Lipinski definition) is 1.